The summed E-state index contributed by atoms with van der Waals surface area (Å²) < 4.78 is 5.02. The molecule has 1 heteroatoms. The molecular weight excluding hydrogens is 100 g/mol. The zero-order chi connectivity index (χ0) is 6.24. The molecule has 0 N–H and O–H groups in total. The highest BCUT2D eigenvalue weighted by Crippen LogP contribution is 1.76. The molecule has 0 fully saturated rings. The van der Waals surface area contributed by atoms with Crippen LogP contribution in [0.4, 0.5) is 0 Å². The smallest absolute Gasteiger partial charge is 0.0651 e. The zero-order valence-electron chi connectivity index (χ0n) is 5.26. The highest BCUT2D eigenvalue weighted by molar-refractivity contribution is 4.76. The van der Waals surface area contributed by atoms with Gasteiger partial charge in [0, 0.05) is 0 Å². The molecule has 0 saturated heterocycles. The summed E-state index contributed by atoms with van der Waals surface area (Å²) in [5.74, 6) is 0. The fourth-order valence-corrected chi connectivity index (χ4v) is 0.316. The Balaban J connectivity index is 2.82. The fourth-order valence-electron chi connectivity index (χ4n) is 0.316. The Hall–Kier alpha value is -0.560. The van der Waals surface area contributed by atoms with Crippen molar-refractivity contribution in [3.8, 4) is 0 Å². The molecule has 0 aromatic carbocycles. The molecule has 0 aromatic heterocycles. The van der Waals surface area contributed by atoms with Crippen LogP contribution in [0, 0.1) is 0 Å². The van der Waals surface area contributed by atoms with Crippen molar-refractivity contribution >= 4 is 0 Å². The number of allylic oxidation sites excluding steroid dienone is 1. The van der Waals surface area contributed by atoms with Crippen molar-refractivity contribution in [2.24, 2.45) is 0 Å². The number of hydrogen-bond donors (Lipinski definition) is 0. The van der Waals surface area contributed by atoms with Gasteiger partial charge in [-0.15, -0.1) is 6.58 Å². The Labute approximate surface area is 50.7 Å². The maximum absolute atomic E-state index is 5.02. The van der Waals surface area contributed by atoms with Gasteiger partial charge in [0.1, 0.15) is 0 Å². The molecule has 0 heterocycles. The lowest BCUT2D eigenvalue weighted by molar-refractivity contribution is 0.194. The largest absolute Gasteiger partial charge is 0.373 e. The number of rotatable bonds is 4. The highest BCUT2D eigenvalue weighted by atomic mass is 16.5. The van der Waals surface area contributed by atoms with E-state index in [1.54, 1.807) is 6.08 Å². The van der Waals surface area contributed by atoms with Gasteiger partial charge < -0.3 is 4.74 Å². The second-order valence-corrected chi connectivity index (χ2v) is 1.40. The van der Waals surface area contributed by atoms with Crippen molar-refractivity contribution in [2.75, 3.05) is 13.2 Å². The summed E-state index contributed by atoms with van der Waals surface area (Å²) in [6, 6.07) is 0. The lowest BCUT2D eigenvalue weighted by Crippen LogP contribution is -1.88. The normalized spacial score (nSPS) is 10.1. The van der Waals surface area contributed by atoms with E-state index >= 15 is 0 Å². The summed E-state index contributed by atoms with van der Waals surface area (Å²) in [5.41, 5.74) is 0. The van der Waals surface area contributed by atoms with E-state index in [9.17, 15) is 0 Å². The molecule has 8 heavy (non-hydrogen) atoms. The first-order chi connectivity index (χ1) is 3.91. The maximum Gasteiger partial charge on any atom is 0.0651 e. The third kappa shape index (κ3) is 5.44. The average Bonchev–Trinajstić information content (AvgIpc) is 1.81. The molecule has 0 aliphatic rings. The van der Waals surface area contributed by atoms with Crippen LogP contribution < -0.4 is 0 Å². The van der Waals surface area contributed by atoms with E-state index in [1.165, 1.54) is 0 Å². The molecule has 0 radical (unpaired) electrons. The molecule has 0 atom stereocenters. The summed E-state index contributed by atoms with van der Waals surface area (Å²) in [6.07, 6.45) is 5.66. The minimum atomic E-state index is 0.643. The number of hydrogen-bond acceptors (Lipinski definition) is 1. The SMILES string of the molecule is C=CCOC/C=C\C. The van der Waals surface area contributed by atoms with Gasteiger partial charge in [-0.3, -0.25) is 0 Å². The molecule has 1 nitrogen and oxygen atoms in total. The Bertz CT molecular complexity index is 74.5. The Morgan fingerprint density at radius 2 is 2.25 bits per heavy atom. The topological polar surface area (TPSA) is 9.23 Å². The van der Waals surface area contributed by atoms with Gasteiger partial charge >= 0.3 is 0 Å². The predicted octanol–water partition coefficient (Wildman–Crippen LogP) is 1.77. The van der Waals surface area contributed by atoms with Gasteiger partial charge in [0.15, 0.2) is 0 Å². The second-order valence-electron chi connectivity index (χ2n) is 1.40. The first-order valence-corrected chi connectivity index (χ1v) is 2.71. The Morgan fingerprint density at radius 3 is 2.75 bits per heavy atom. The third-order valence-electron chi connectivity index (χ3n) is 0.685. The van der Waals surface area contributed by atoms with Crippen molar-refractivity contribution < 1.29 is 4.74 Å². The monoisotopic (exact) mass is 112 g/mol. The quantitative estimate of drug-likeness (QED) is 0.398. The van der Waals surface area contributed by atoms with Crippen molar-refractivity contribution in [3.63, 3.8) is 0 Å². The molecule has 0 aromatic rings. The van der Waals surface area contributed by atoms with Crippen molar-refractivity contribution in [1.82, 2.24) is 0 Å². The van der Waals surface area contributed by atoms with Gasteiger partial charge in [-0.2, -0.15) is 0 Å². The summed E-state index contributed by atoms with van der Waals surface area (Å²) in [5, 5.41) is 0. The summed E-state index contributed by atoms with van der Waals surface area (Å²) in [7, 11) is 0. The Kier molecular flexibility index (Phi) is 5.99. The van der Waals surface area contributed by atoms with Crippen molar-refractivity contribution in [3.05, 3.63) is 24.8 Å². The first-order valence-electron chi connectivity index (χ1n) is 2.71. The summed E-state index contributed by atoms with van der Waals surface area (Å²) in [4.78, 5) is 0. The molecule has 0 aliphatic heterocycles. The Morgan fingerprint density at radius 1 is 1.50 bits per heavy atom. The molecule has 0 bridgehead atoms. The lowest BCUT2D eigenvalue weighted by atomic mass is 10.5. The van der Waals surface area contributed by atoms with Gasteiger partial charge in [-0.05, 0) is 6.92 Å². The standard InChI is InChI=1S/C7H12O/c1-3-5-7-8-6-4-2/h3-5H,2,6-7H2,1H3/b5-3-. The van der Waals surface area contributed by atoms with E-state index in [-0.39, 0.29) is 0 Å². The minimum Gasteiger partial charge on any atom is -0.373 e. The van der Waals surface area contributed by atoms with Gasteiger partial charge in [0.25, 0.3) is 0 Å². The van der Waals surface area contributed by atoms with E-state index in [4.69, 9.17) is 4.74 Å². The van der Waals surface area contributed by atoms with Crippen molar-refractivity contribution in [1.29, 1.82) is 0 Å². The van der Waals surface area contributed by atoms with E-state index < -0.39 is 0 Å². The summed E-state index contributed by atoms with van der Waals surface area (Å²) in [6.45, 7) is 6.82. The zero-order valence-corrected chi connectivity index (χ0v) is 5.26. The molecular formula is C7H12O. The van der Waals surface area contributed by atoms with Gasteiger partial charge in [-0.25, -0.2) is 0 Å². The van der Waals surface area contributed by atoms with E-state index in [2.05, 4.69) is 6.58 Å². The second kappa shape index (κ2) is 6.44. The average molecular weight is 112 g/mol. The molecule has 46 valence electrons. The van der Waals surface area contributed by atoms with Crippen LogP contribution in [0.2, 0.25) is 0 Å². The lowest BCUT2D eigenvalue weighted by Gasteiger charge is -1.90. The third-order valence-corrected chi connectivity index (χ3v) is 0.685. The van der Waals surface area contributed by atoms with Crippen LogP contribution >= 0.6 is 0 Å². The van der Waals surface area contributed by atoms with E-state index in [0.29, 0.717) is 13.2 Å². The van der Waals surface area contributed by atoms with Crippen LogP contribution in [-0.2, 0) is 4.74 Å². The van der Waals surface area contributed by atoms with Crippen LogP contribution in [0.1, 0.15) is 6.92 Å². The van der Waals surface area contributed by atoms with Crippen LogP contribution in [0.15, 0.2) is 24.8 Å². The first kappa shape index (κ1) is 7.44. The molecule has 0 saturated carbocycles. The van der Waals surface area contributed by atoms with E-state index in [0.717, 1.165) is 0 Å². The molecule has 0 rings (SSSR count). The van der Waals surface area contributed by atoms with Crippen LogP contribution in [0.5, 0.6) is 0 Å². The molecule has 0 amide bonds. The van der Waals surface area contributed by atoms with E-state index in [1.807, 2.05) is 19.1 Å². The summed E-state index contributed by atoms with van der Waals surface area (Å²) >= 11 is 0. The predicted molar refractivity (Wildman–Crippen MR) is 35.8 cm³/mol. The van der Waals surface area contributed by atoms with Gasteiger partial charge in [0.05, 0.1) is 13.2 Å². The van der Waals surface area contributed by atoms with Crippen LogP contribution in [0.3, 0.4) is 0 Å². The molecule has 0 spiro atoms. The van der Waals surface area contributed by atoms with Gasteiger partial charge in [0.2, 0.25) is 0 Å². The van der Waals surface area contributed by atoms with Crippen LogP contribution in [0.25, 0.3) is 0 Å². The number of ether oxygens (including phenoxy) is 1. The van der Waals surface area contributed by atoms with Crippen LogP contribution in [-0.4, -0.2) is 13.2 Å². The minimum absolute atomic E-state index is 0.643. The van der Waals surface area contributed by atoms with Crippen molar-refractivity contribution in [2.45, 2.75) is 6.92 Å². The van der Waals surface area contributed by atoms with Gasteiger partial charge in [-0.1, -0.05) is 18.2 Å². The fraction of sp³-hybridized carbons (Fsp3) is 0.429. The molecule has 0 aliphatic carbocycles. The maximum atomic E-state index is 5.02. The molecule has 0 unspecified atom stereocenters. The highest BCUT2D eigenvalue weighted by Gasteiger charge is 1.72.